The number of anilines is 2. The van der Waals surface area contributed by atoms with E-state index >= 15 is 0 Å². The lowest BCUT2D eigenvalue weighted by Crippen LogP contribution is -2.46. The number of ether oxygens (including phenoxy) is 1. The molecule has 0 saturated heterocycles. The number of rotatable bonds is 11. The van der Waals surface area contributed by atoms with E-state index in [9.17, 15) is 18.0 Å². The van der Waals surface area contributed by atoms with Crippen LogP contribution >= 0.6 is 23.2 Å². The molecule has 0 fully saturated rings. The van der Waals surface area contributed by atoms with Crippen LogP contribution in [0.4, 0.5) is 11.4 Å². The summed E-state index contributed by atoms with van der Waals surface area (Å²) in [4.78, 5) is 28.4. The second kappa shape index (κ2) is 13.9. The van der Waals surface area contributed by atoms with Gasteiger partial charge >= 0.3 is 0 Å². The Labute approximate surface area is 261 Å². The summed E-state index contributed by atoms with van der Waals surface area (Å²) in [6.07, 6.45) is 0.567. The molecule has 0 aliphatic heterocycles. The fraction of sp³-hybridized carbons (Fsp3) is 0.188. The standard InChI is InChI=1S/C32H31Cl2N3O5S/c1-4-19-37(22(3)31(38)35-28-11-7-5-9-21(28)2)32(39)26-20-23(33)13-18-29(26)36-43(40,41)25-16-14-24(15-17-25)42-30-12-8-6-10-27(30)34/h5-18,20,22,36H,4,19H2,1-3H3,(H,35,38)/t22-/m0/s1. The number of nitrogens with one attached hydrogen (secondary N) is 2. The number of amides is 2. The molecule has 0 saturated carbocycles. The normalized spacial score (nSPS) is 11.8. The minimum absolute atomic E-state index is 0.0127. The van der Waals surface area contributed by atoms with Gasteiger partial charge in [-0.1, -0.05) is 60.5 Å². The van der Waals surface area contributed by atoms with E-state index in [1.807, 2.05) is 32.0 Å². The molecule has 0 aliphatic carbocycles. The summed E-state index contributed by atoms with van der Waals surface area (Å²) < 4.78 is 35.0. The monoisotopic (exact) mass is 639 g/mol. The van der Waals surface area contributed by atoms with Gasteiger partial charge in [-0.2, -0.15) is 0 Å². The van der Waals surface area contributed by atoms with Crippen molar-refractivity contribution in [3.8, 4) is 11.5 Å². The largest absolute Gasteiger partial charge is 0.456 e. The Kier molecular flexibility index (Phi) is 10.3. The predicted molar refractivity (Wildman–Crippen MR) is 171 cm³/mol. The van der Waals surface area contributed by atoms with Gasteiger partial charge in [-0.25, -0.2) is 8.42 Å². The number of hydrogen-bond acceptors (Lipinski definition) is 5. The number of carbonyl (C=O) groups is 2. The summed E-state index contributed by atoms with van der Waals surface area (Å²) in [5.74, 6) is -0.0967. The maximum absolute atomic E-state index is 13.9. The van der Waals surface area contributed by atoms with Gasteiger partial charge in [0.1, 0.15) is 17.5 Å². The van der Waals surface area contributed by atoms with Crippen LogP contribution in [0.5, 0.6) is 11.5 Å². The Bertz CT molecular complexity index is 1730. The van der Waals surface area contributed by atoms with E-state index in [2.05, 4.69) is 10.0 Å². The van der Waals surface area contributed by atoms with E-state index in [4.69, 9.17) is 27.9 Å². The molecule has 2 N–H and O–H groups in total. The average Bonchev–Trinajstić information content (AvgIpc) is 2.98. The highest BCUT2D eigenvalue weighted by Crippen LogP contribution is 2.30. The van der Waals surface area contributed by atoms with E-state index in [-0.39, 0.29) is 33.6 Å². The Balaban J connectivity index is 1.57. The third-order valence-corrected chi connectivity index (χ3v) is 8.56. The van der Waals surface area contributed by atoms with Gasteiger partial charge in [0, 0.05) is 17.3 Å². The first-order chi connectivity index (χ1) is 20.5. The van der Waals surface area contributed by atoms with Crippen LogP contribution in [-0.2, 0) is 14.8 Å². The fourth-order valence-corrected chi connectivity index (χ4v) is 5.71. The zero-order valence-electron chi connectivity index (χ0n) is 23.8. The molecule has 2 amide bonds. The molecule has 43 heavy (non-hydrogen) atoms. The Morgan fingerprint density at radius 1 is 0.907 bits per heavy atom. The molecule has 0 bridgehead atoms. The number of halogens is 2. The van der Waals surface area contributed by atoms with Crippen molar-refractivity contribution in [1.29, 1.82) is 0 Å². The van der Waals surface area contributed by atoms with Gasteiger partial charge in [0.05, 0.1) is 21.2 Å². The number of benzene rings is 4. The minimum atomic E-state index is -4.12. The number of sulfonamides is 1. The van der Waals surface area contributed by atoms with Crippen molar-refractivity contribution in [2.24, 2.45) is 0 Å². The summed E-state index contributed by atoms with van der Waals surface area (Å²) >= 11 is 12.4. The molecule has 4 aromatic rings. The zero-order valence-corrected chi connectivity index (χ0v) is 26.1. The molecule has 4 rings (SSSR count). The maximum Gasteiger partial charge on any atom is 0.261 e. The molecular weight excluding hydrogens is 609 g/mol. The highest BCUT2D eigenvalue weighted by Gasteiger charge is 2.29. The fourth-order valence-electron chi connectivity index (χ4n) is 4.29. The first-order valence-corrected chi connectivity index (χ1v) is 15.8. The molecule has 0 unspecified atom stereocenters. The van der Waals surface area contributed by atoms with Crippen LogP contribution in [0.15, 0.2) is 95.9 Å². The van der Waals surface area contributed by atoms with Crippen LogP contribution in [0.1, 0.15) is 36.2 Å². The second-order valence-corrected chi connectivity index (χ2v) is 12.3. The van der Waals surface area contributed by atoms with E-state index < -0.39 is 22.0 Å². The number of nitrogens with zero attached hydrogens (tertiary/aromatic N) is 1. The highest BCUT2D eigenvalue weighted by atomic mass is 35.5. The van der Waals surface area contributed by atoms with E-state index in [0.717, 1.165) is 5.56 Å². The number of carbonyl (C=O) groups excluding carboxylic acids is 2. The predicted octanol–water partition coefficient (Wildman–Crippen LogP) is 7.77. The number of hydrogen-bond donors (Lipinski definition) is 2. The van der Waals surface area contributed by atoms with Gasteiger partial charge in [0.2, 0.25) is 5.91 Å². The Morgan fingerprint density at radius 3 is 2.26 bits per heavy atom. The summed E-state index contributed by atoms with van der Waals surface area (Å²) in [5.41, 5.74) is 1.56. The smallest absolute Gasteiger partial charge is 0.261 e. The molecule has 0 heterocycles. The van der Waals surface area contributed by atoms with Gasteiger partial charge in [-0.15, -0.1) is 0 Å². The van der Waals surface area contributed by atoms with Gasteiger partial charge in [0.25, 0.3) is 15.9 Å². The molecule has 224 valence electrons. The molecule has 1 atom stereocenters. The molecule has 4 aromatic carbocycles. The van der Waals surface area contributed by atoms with Crippen LogP contribution in [0, 0.1) is 6.92 Å². The third kappa shape index (κ3) is 7.87. The van der Waals surface area contributed by atoms with Crippen LogP contribution < -0.4 is 14.8 Å². The topological polar surface area (TPSA) is 105 Å². The third-order valence-electron chi connectivity index (χ3n) is 6.63. The number of aryl methyl sites for hydroxylation is 1. The molecule has 0 aliphatic rings. The summed E-state index contributed by atoms with van der Waals surface area (Å²) in [7, 11) is -4.12. The second-order valence-electron chi connectivity index (χ2n) is 9.78. The van der Waals surface area contributed by atoms with Crippen molar-refractivity contribution in [3.63, 3.8) is 0 Å². The van der Waals surface area contributed by atoms with Gasteiger partial charge in [0.15, 0.2) is 0 Å². The van der Waals surface area contributed by atoms with E-state index in [1.54, 1.807) is 37.3 Å². The van der Waals surface area contributed by atoms with Crippen LogP contribution in [0.2, 0.25) is 10.0 Å². The van der Waals surface area contributed by atoms with Crippen LogP contribution in [0.25, 0.3) is 0 Å². The highest BCUT2D eigenvalue weighted by molar-refractivity contribution is 7.92. The minimum Gasteiger partial charge on any atom is -0.456 e. The SMILES string of the molecule is CCCN(C(=O)c1cc(Cl)ccc1NS(=O)(=O)c1ccc(Oc2ccccc2Cl)cc1)[C@@H](C)C(=O)Nc1ccccc1C. The summed E-state index contributed by atoms with van der Waals surface area (Å²) in [6, 6.07) is 23.5. The maximum atomic E-state index is 13.9. The molecule has 0 spiro atoms. The summed E-state index contributed by atoms with van der Waals surface area (Å²) in [5, 5.41) is 3.53. The quantitative estimate of drug-likeness (QED) is 0.174. The first-order valence-electron chi connectivity index (χ1n) is 13.5. The zero-order chi connectivity index (χ0) is 31.1. The van der Waals surface area contributed by atoms with Crippen molar-refractivity contribution in [3.05, 3.63) is 112 Å². The van der Waals surface area contributed by atoms with Crippen molar-refractivity contribution >= 4 is 56.4 Å². The lowest BCUT2D eigenvalue weighted by molar-refractivity contribution is -0.120. The van der Waals surface area contributed by atoms with Crippen LogP contribution in [0.3, 0.4) is 0 Å². The first kappa shape index (κ1) is 31.9. The van der Waals surface area contributed by atoms with Gasteiger partial charge in [-0.3, -0.25) is 14.3 Å². The van der Waals surface area contributed by atoms with Gasteiger partial charge in [-0.05, 0) is 86.5 Å². The molecular formula is C32H31Cl2N3O5S. The average molecular weight is 641 g/mol. The van der Waals surface area contributed by atoms with E-state index in [0.29, 0.717) is 28.6 Å². The summed E-state index contributed by atoms with van der Waals surface area (Å²) in [6.45, 7) is 5.64. The number of para-hydroxylation sites is 2. The van der Waals surface area contributed by atoms with Crippen LogP contribution in [-0.4, -0.2) is 37.7 Å². The molecule has 11 heteroatoms. The van der Waals surface area contributed by atoms with Crippen molar-refractivity contribution in [2.75, 3.05) is 16.6 Å². The Hall–Kier alpha value is -4.05. The molecule has 0 radical (unpaired) electrons. The molecule has 0 aromatic heterocycles. The van der Waals surface area contributed by atoms with Crippen molar-refractivity contribution in [2.45, 2.75) is 38.1 Å². The van der Waals surface area contributed by atoms with Gasteiger partial charge < -0.3 is 15.0 Å². The lowest BCUT2D eigenvalue weighted by Gasteiger charge is -2.29. The lowest BCUT2D eigenvalue weighted by atomic mass is 10.1. The van der Waals surface area contributed by atoms with Crippen molar-refractivity contribution in [1.82, 2.24) is 4.90 Å². The van der Waals surface area contributed by atoms with Crippen molar-refractivity contribution < 1.29 is 22.7 Å². The Morgan fingerprint density at radius 2 is 1.58 bits per heavy atom. The molecule has 8 nitrogen and oxygen atoms in total. The van der Waals surface area contributed by atoms with E-state index in [1.165, 1.54) is 47.4 Å².